The van der Waals surface area contributed by atoms with Crippen LogP contribution in [0.4, 0.5) is 4.79 Å². The van der Waals surface area contributed by atoms with E-state index in [4.69, 9.17) is 16.3 Å². The molecule has 2 amide bonds. The summed E-state index contributed by atoms with van der Waals surface area (Å²) in [4.78, 5) is 26.8. The number of urea groups is 1. The van der Waals surface area contributed by atoms with Crippen LogP contribution in [0.2, 0.25) is 5.02 Å². The van der Waals surface area contributed by atoms with Crippen LogP contribution in [0.5, 0.6) is 0 Å². The van der Waals surface area contributed by atoms with Gasteiger partial charge in [0.1, 0.15) is 0 Å². The van der Waals surface area contributed by atoms with Gasteiger partial charge in [-0.3, -0.25) is 4.90 Å². The van der Waals surface area contributed by atoms with E-state index < -0.39 is 33.9 Å². The third-order valence-corrected chi connectivity index (χ3v) is 6.80. The van der Waals surface area contributed by atoms with Gasteiger partial charge in [0, 0.05) is 10.7 Å². The van der Waals surface area contributed by atoms with Crippen molar-refractivity contribution in [2.24, 2.45) is 0 Å². The Kier molecular flexibility index (Phi) is 5.48. The van der Waals surface area contributed by atoms with E-state index in [1.807, 2.05) is 0 Å². The Morgan fingerprint density at radius 3 is 2.56 bits per heavy atom. The highest BCUT2D eigenvalue weighted by Gasteiger charge is 2.42. The van der Waals surface area contributed by atoms with Crippen LogP contribution in [0.25, 0.3) is 0 Å². The monoisotopic (exact) mass is 412 g/mol. The highest BCUT2D eigenvalue weighted by atomic mass is 35.5. The normalized spacial score (nSPS) is 24.7. The van der Waals surface area contributed by atoms with Gasteiger partial charge in [0.05, 0.1) is 35.8 Å². The molecule has 7 nitrogen and oxygen atoms in total. The smallest absolute Gasteiger partial charge is 0.338 e. The van der Waals surface area contributed by atoms with Crippen LogP contribution in [0, 0.1) is 0 Å². The van der Waals surface area contributed by atoms with E-state index in [2.05, 4.69) is 5.32 Å². The number of hydrogen-bond donors (Lipinski definition) is 1. The SMILES string of the molecule is CCOC(=O)C1=C(C)N([C@H]2CCS(=O)(=O)C2)C(=O)N[C@@H]1c1ccc(Cl)cc1. The number of rotatable bonds is 4. The van der Waals surface area contributed by atoms with Gasteiger partial charge < -0.3 is 10.1 Å². The van der Waals surface area contributed by atoms with E-state index in [1.165, 1.54) is 4.90 Å². The molecule has 0 aromatic heterocycles. The van der Waals surface area contributed by atoms with Crippen LogP contribution in [0.1, 0.15) is 31.9 Å². The lowest BCUT2D eigenvalue weighted by Gasteiger charge is -2.38. The molecule has 0 aliphatic carbocycles. The minimum absolute atomic E-state index is 0.0318. The van der Waals surface area contributed by atoms with E-state index in [-0.39, 0.29) is 18.1 Å². The molecule has 3 rings (SSSR count). The fourth-order valence-corrected chi connectivity index (χ4v) is 5.38. The summed E-state index contributed by atoms with van der Waals surface area (Å²) in [5, 5.41) is 3.36. The molecule has 1 aromatic carbocycles. The summed E-state index contributed by atoms with van der Waals surface area (Å²) in [6.45, 7) is 3.54. The molecule has 2 heterocycles. The number of carbonyl (C=O) groups is 2. The lowest BCUT2D eigenvalue weighted by atomic mass is 9.94. The van der Waals surface area contributed by atoms with Crippen molar-refractivity contribution in [3.63, 3.8) is 0 Å². The molecule has 2 atom stereocenters. The van der Waals surface area contributed by atoms with Gasteiger partial charge in [-0.15, -0.1) is 0 Å². The summed E-state index contributed by atoms with van der Waals surface area (Å²) >= 11 is 5.94. The molecular formula is C18H21ClN2O5S. The first-order valence-electron chi connectivity index (χ1n) is 8.67. The van der Waals surface area contributed by atoms with Gasteiger partial charge in [-0.2, -0.15) is 0 Å². The van der Waals surface area contributed by atoms with Crippen molar-refractivity contribution in [3.8, 4) is 0 Å². The summed E-state index contributed by atoms with van der Waals surface area (Å²) in [5.74, 6) is -0.621. The van der Waals surface area contributed by atoms with Crippen LogP contribution in [-0.2, 0) is 19.4 Å². The first kappa shape index (κ1) is 19.7. The Morgan fingerprint density at radius 2 is 2.00 bits per heavy atom. The number of nitrogens with zero attached hydrogens (tertiary/aromatic N) is 1. The summed E-state index contributed by atoms with van der Waals surface area (Å²) in [6.07, 6.45) is 0.342. The topological polar surface area (TPSA) is 92.8 Å². The average molecular weight is 413 g/mol. The molecule has 2 aliphatic heterocycles. The second-order valence-electron chi connectivity index (χ2n) is 6.58. The van der Waals surface area contributed by atoms with Crippen LogP contribution >= 0.6 is 11.6 Å². The lowest BCUT2D eigenvalue weighted by molar-refractivity contribution is -0.139. The van der Waals surface area contributed by atoms with Crippen molar-refractivity contribution in [2.45, 2.75) is 32.4 Å². The summed E-state index contributed by atoms with van der Waals surface area (Å²) < 4.78 is 28.9. The first-order valence-corrected chi connectivity index (χ1v) is 10.9. The van der Waals surface area contributed by atoms with Crippen molar-refractivity contribution < 1.29 is 22.7 Å². The number of ether oxygens (including phenoxy) is 1. The number of esters is 1. The number of nitrogens with one attached hydrogen (secondary N) is 1. The second kappa shape index (κ2) is 7.52. The van der Waals surface area contributed by atoms with Gasteiger partial charge in [-0.25, -0.2) is 18.0 Å². The molecule has 0 spiro atoms. The molecule has 0 unspecified atom stereocenters. The molecule has 0 saturated carbocycles. The number of benzene rings is 1. The quantitative estimate of drug-likeness (QED) is 0.766. The van der Waals surface area contributed by atoms with Gasteiger partial charge in [0.2, 0.25) is 0 Å². The highest BCUT2D eigenvalue weighted by molar-refractivity contribution is 7.91. The third-order valence-electron chi connectivity index (χ3n) is 4.80. The number of amides is 2. The van der Waals surface area contributed by atoms with Gasteiger partial charge in [0.15, 0.2) is 9.84 Å². The molecule has 1 fully saturated rings. The maximum absolute atomic E-state index is 12.8. The molecule has 1 saturated heterocycles. The maximum atomic E-state index is 12.8. The number of hydrogen-bond acceptors (Lipinski definition) is 5. The molecule has 9 heteroatoms. The van der Waals surface area contributed by atoms with Crippen molar-refractivity contribution in [3.05, 3.63) is 46.1 Å². The van der Waals surface area contributed by atoms with E-state index in [1.54, 1.807) is 38.1 Å². The maximum Gasteiger partial charge on any atom is 0.338 e. The van der Waals surface area contributed by atoms with Gasteiger partial charge in [0.25, 0.3) is 0 Å². The number of sulfone groups is 1. The van der Waals surface area contributed by atoms with Crippen LogP contribution < -0.4 is 5.32 Å². The molecule has 1 N–H and O–H groups in total. The molecular weight excluding hydrogens is 392 g/mol. The van der Waals surface area contributed by atoms with E-state index in [9.17, 15) is 18.0 Å². The number of halogens is 1. The first-order chi connectivity index (χ1) is 12.7. The fourth-order valence-electron chi connectivity index (χ4n) is 3.55. The molecule has 0 bridgehead atoms. The summed E-state index contributed by atoms with van der Waals surface area (Å²) in [7, 11) is -3.19. The number of allylic oxidation sites excluding steroid dienone is 1. The van der Waals surface area contributed by atoms with Crippen LogP contribution in [0.15, 0.2) is 35.5 Å². The Morgan fingerprint density at radius 1 is 1.33 bits per heavy atom. The van der Waals surface area contributed by atoms with Crippen LogP contribution in [0.3, 0.4) is 0 Å². The third kappa shape index (κ3) is 3.96. The minimum Gasteiger partial charge on any atom is -0.463 e. The van der Waals surface area contributed by atoms with Crippen molar-refractivity contribution >= 4 is 33.4 Å². The molecule has 27 heavy (non-hydrogen) atoms. The van der Waals surface area contributed by atoms with Crippen molar-refractivity contribution in [1.82, 2.24) is 10.2 Å². The Balaban J connectivity index is 2.05. The molecule has 0 radical (unpaired) electrons. The molecule has 1 aromatic rings. The van der Waals surface area contributed by atoms with Gasteiger partial charge in [-0.1, -0.05) is 23.7 Å². The van der Waals surface area contributed by atoms with Gasteiger partial charge >= 0.3 is 12.0 Å². The van der Waals surface area contributed by atoms with E-state index in [0.29, 0.717) is 28.3 Å². The minimum atomic E-state index is -3.19. The van der Waals surface area contributed by atoms with E-state index in [0.717, 1.165) is 0 Å². The highest BCUT2D eigenvalue weighted by Crippen LogP contribution is 2.34. The zero-order valence-corrected chi connectivity index (χ0v) is 16.6. The zero-order valence-electron chi connectivity index (χ0n) is 15.1. The van der Waals surface area contributed by atoms with Gasteiger partial charge in [-0.05, 0) is 38.0 Å². The Bertz CT molecular complexity index is 895. The molecule has 146 valence electrons. The standard InChI is InChI=1S/C18H21ClN2O5S/c1-3-26-17(22)15-11(2)21(14-8-9-27(24,25)10-14)18(23)20-16(15)12-4-6-13(19)7-5-12/h4-7,14,16H,3,8-10H2,1-2H3,(H,20,23)/t14-,16+/m0/s1. The number of carbonyl (C=O) groups excluding carboxylic acids is 2. The molecule has 2 aliphatic rings. The van der Waals surface area contributed by atoms with Crippen molar-refractivity contribution in [1.29, 1.82) is 0 Å². The zero-order chi connectivity index (χ0) is 19.8. The Hall–Kier alpha value is -2.06. The summed E-state index contributed by atoms with van der Waals surface area (Å²) in [5.41, 5.74) is 1.40. The average Bonchev–Trinajstić information content (AvgIpc) is 2.94. The predicted molar refractivity (Wildman–Crippen MR) is 101 cm³/mol. The fraction of sp³-hybridized carbons (Fsp3) is 0.444. The van der Waals surface area contributed by atoms with Crippen LogP contribution in [-0.4, -0.2) is 49.5 Å². The van der Waals surface area contributed by atoms with Crippen molar-refractivity contribution in [2.75, 3.05) is 18.1 Å². The second-order valence-corrected chi connectivity index (χ2v) is 9.25. The predicted octanol–water partition coefficient (Wildman–Crippen LogP) is 2.43. The largest absolute Gasteiger partial charge is 0.463 e. The van der Waals surface area contributed by atoms with E-state index >= 15 is 0 Å². The summed E-state index contributed by atoms with van der Waals surface area (Å²) in [6, 6.07) is 5.20. The Labute approximate surface area is 163 Å². The lowest BCUT2D eigenvalue weighted by Crippen LogP contribution is -2.52.